The van der Waals surface area contributed by atoms with Crippen molar-refractivity contribution in [2.45, 2.75) is 38.6 Å². The molecule has 1 aliphatic heterocycles. The van der Waals surface area contributed by atoms with Gasteiger partial charge in [-0.05, 0) is 25.0 Å². The second kappa shape index (κ2) is 6.70. The normalized spacial score (nSPS) is 17.9. The highest BCUT2D eigenvalue weighted by atomic mass is 35.5. The molecule has 108 valence electrons. The van der Waals surface area contributed by atoms with Gasteiger partial charge in [0.2, 0.25) is 5.91 Å². The maximum absolute atomic E-state index is 12.1. The lowest BCUT2D eigenvalue weighted by atomic mass is 10.1. The summed E-state index contributed by atoms with van der Waals surface area (Å²) in [5.41, 5.74) is 1.33. The van der Waals surface area contributed by atoms with E-state index < -0.39 is 0 Å². The van der Waals surface area contributed by atoms with Gasteiger partial charge in [0.05, 0.1) is 0 Å². The molecular formula is C14H18ClN3O2. The third-order valence-electron chi connectivity index (χ3n) is 3.21. The van der Waals surface area contributed by atoms with Crippen LogP contribution >= 0.6 is 11.6 Å². The van der Waals surface area contributed by atoms with Gasteiger partial charge in [0.1, 0.15) is 5.15 Å². The van der Waals surface area contributed by atoms with Crippen LogP contribution in [0.3, 0.4) is 0 Å². The summed E-state index contributed by atoms with van der Waals surface area (Å²) in [7, 11) is 0. The van der Waals surface area contributed by atoms with Crippen molar-refractivity contribution in [3.63, 3.8) is 0 Å². The third-order valence-corrected chi connectivity index (χ3v) is 3.40. The Balaban J connectivity index is 1.96. The molecule has 0 aromatic carbocycles. The smallest absolute Gasteiger partial charge is 0.251 e. The van der Waals surface area contributed by atoms with Gasteiger partial charge in [-0.15, -0.1) is 0 Å². The molecule has 0 saturated carbocycles. The largest absolute Gasteiger partial charge is 0.352 e. The Morgan fingerprint density at radius 3 is 3.00 bits per heavy atom. The Bertz CT molecular complexity index is 519. The summed E-state index contributed by atoms with van der Waals surface area (Å²) in [6, 6.07) is 3.35. The summed E-state index contributed by atoms with van der Waals surface area (Å²) in [5.74, 6) is -0.144. The van der Waals surface area contributed by atoms with Crippen molar-refractivity contribution in [2.75, 3.05) is 6.54 Å². The van der Waals surface area contributed by atoms with Crippen LogP contribution in [0, 0.1) is 0 Å². The number of carbonyl (C=O) groups excluding carboxylic acids is 2. The molecule has 5 nitrogen and oxygen atoms in total. The van der Waals surface area contributed by atoms with Crippen molar-refractivity contribution in [1.82, 2.24) is 15.6 Å². The minimum atomic E-state index is -0.187. The van der Waals surface area contributed by atoms with Gasteiger partial charge in [-0.25, -0.2) is 4.98 Å². The number of halogens is 1. The van der Waals surface area contributed by atoms with Crippen LogP contribution in [-0.4, -0.2) is 29.4 Å². The number of carbonyl (C=O) groups is 2. The van der Waals surface area contributed by atoms with Crippen molar-refractivity contribution in [2.24, 2.45) is 0 Å². The van der Waals surface area contributed by atoms with Gasteiger partial charge in [-0.3, -0.25) is 9.59 Å². The molecule has 2 rings (SSSR count). The van der Waals surface area contributed by atoms with Gasteiger partial charge in [0.15, 0.2) is 0 Å². The Morgan fingerprint density at radius 1 is 1.55 bits per heavy atom. The Hall–Kier alpha value is -1.62. The molecule has 0 spiro atoms. The minimum Gasteiger partial charge on any atom is -0.352 e. The van der Waals surface area contributed by atoms with Crippen molar-refractivity contribution in [3.8, 4) is 0 Å². The van der Waals surface area contributed by atoms with Gasteiger partial charge >= 0.3 is 0 Å². The second-order valence-electron chi connectivity index (χ2n) is 4.93. The third kappa shape index (κ3) is 3.93. The first kappa shape index (κ1) is 14.8. The molecule has 2 amide bonds. The van der Waals surface area contributed by atoms with Gasteiger partial charge < -0.3 is 10.6 Å². The van der Waals surface area contributed by atoms with Gasteiger partial charge in [0, 0.05) is 30.3 Å². The van der Waals surface area contributed by atoms with Gasteiger partial charge in [-0.1, -0.05) is 24.9 Å². The van der Waals surface area contributed by atoms with Crippen LogP contribution in [0.15, 0.2) is 12.1 Å². The lowest BCUT2D eigenvalue weighted by molar-refractivity contribution is -0.119. The number of aromatic nitrogens is 1. The molecule has 2 N–H and O–H groups in total. The zero-order valence-corrected chi connectivity index (χ0v) is 12.2. The van der Waals surface area contributed by atoms with Crippen LogP contribution in [0.2, 0.25) is 5.15 Å². The summed E-state index contributed by atoms with van der Waals surface area (Å²) in [4.78, 5) is 27.3. The van der Waals surface area contributed by atoms with E-state index in [-0.39, 0.29) is 17.9 Å². The van der Waals surface area contributed by atoms with E-state index >= 15 is 0 Å². The second-order valence-corrected chi connectivity index (χ2v) is 5.32. The molecule has 6 heteroatoms. The van der Waals surface area contributed by atoms with E-state index in [0.29, 0.717) is 23.7 Å². The van der Waals surface area contributed by atoms with Crippen LogP contribution in [0.4, 0.5) is 0 Å². The molecule has 1 unspecified atom stereocenters. The van der Waals surface area contributed by atoms with E-state index in [9.17, 15) is 9.59 Å². The summed E-state index contributed by atoms with van der Waals surface area (Å²) in [6.45, 7) is 2.48. The zero-order valence-electron chi connectivity index (χ0n) is 11.4. The molecule has 1 aliphatic rings. The maximum atomic E-state index is 12.1. The van der Waals surface area contributed by atoms with Crippen molar-refractivity contribution in [3.05, 3.63) is 28.5 Å². The molecule has 1 atom stereocenters. The summed E-state index contributed by atoms with van der Waals surface area (Å²) >= 11 is 5.93. The standard InChI is InChI=1S/C14H18ClN3O2/c1-2-3-10-6-9(7-12(15)17-10)14(20)16-8-11-4-5-13(19)18-11/h6-7,11H,2-5,8H2,1H3,(H,16,20)(H,18,19). The number of nitrogens with one attached hydrogen (secondary N) is 2. The Morgan fingerprint density at radius 2 is 2.35 bits per heavy atom. The molecule has 0 aliphatic carbocycles. The fourth-order valence-corrected chi connectivity index (χ4v) is 2.44. The highest BCUT2D eigenvalue weighted by molar-refractivity contribution is 6.29. The SMILES string of the molecule is CCCc1cc(C(=O)NCC2CCC(=O)N2)cc(Cl)n1. The first-order valence-corrected chi connectivity index (χ1v) is 7.20. The lowest BCUT2D eigenvalue weighted by Crippen LogP contribution is -2.38. The fraction of sp³-hybridized carbons (Fsp3) is 0.500. The molecular weight excluding hydrogens is 278 g/mol. The fourth-order valence-electron chi connectivity index (χ4n) is 2.21. The summed E-state index contributed by atoms with van der Waals surface area (Å²) in [6.07, 6.45) is 3.03. The predicted molar refractivity (Wildman–Crippen MR) is 76.7 cm³/mol. The Labute approximate surface area is 123 Å². The molecule has 1 aromatic heterocycles. The van der Waals surface area contributed by atoms with Crippen LogP contribution in [0.25, 0.3) is 0 Å². The van der Waals surface area contributed by atoms with Crippen molar-refractivity contribution < 1.29 is 9.59 Å². The molecule has 0 radical (unpaired) electrons. The van der Waals surface area contributed by atoms with E-state index in [2.05, 4.69) is 15.6 Å². The summed E-state index contributed by atoms with van der Waals surface area (Å²) < 4.78 is 0. The highest BCUT2D eigenvalue weighted by Crippen LogP contribution is 2.13. The highest BCUT2D eigenvalue weighted by Gasteiger charge is 2.21. The molecule has 20 heavy (non-hydrogen) atoms. The van der Waals surface area contributed by atoms with Gasteiger partial charge in [-0.2, -0.15) is 0 Å². The molecule has 2 heterocycles. The van der Waals surface area contributed by atoms with E-state index in [1.54, 1.807) is 12.1 Å². The number of amides is 2. The number of nitrogens with zero attached hydrogens (tertiary/aromatic N) is 1. The first-order chi connectivity index (χ1) is 9.58. The van der Waals surface area contributed by atoms with E-state index in [1.807, 2.05) is 6.92 Å². The van der Waals surface area contributed by atoms with Crippen LogP contribution < -0.4 is 10.6 Å². The van der Waals surface area contributed by atoms with Gasteiger partial charge in [0.25, 0.3) is 5.91 Å². The van der Waals surface area contributed by atoms with E-state index in [4.69, 9.17) is 11.6 Å². The topological polar surface area (TPSA) is 71.1 Å². The number of hydrogen-bond acceptors (Lipinski definition) is 3. The molecule has 1 fully saturated rings. The average molecular weight is 296 g/mol. The molecule has 1 aromatic rings. The molecule has 0 bridgehead atoms. The number of rotatable bonds is 5. The van der Waals surface area contributed by atoms with E-state index in [1.165, 1.54) is 0 Å². The first-order valence-electron chi connectivity index (χ1n) is 6.82. The monoisotopic (exact) mass is 295 g/mol. The number of aryl methyl sites for hydroxylation is 1. The van der Waals surface area contributed by atoms with Crippen LogP contribution in [-0.2, 0) is 11.2 Å². The maximum Gasteiger partial charge on any atom is 0.251 e. The summed E-state index contributed by atoms with van der Waals surface area (Å²) in [5, 5.41) is 5.96. The van der Waals surface area contributed by atoms with Crippen molar-refractivity contribution in [1.29, 1.82) is 0 Å². The van der Waals surface area contributed by atoms with Crippen LogP contribution in [0.5, 0.6) is 0 Å². The number of hydrogen-bond donors (Lipinski definition) is 2. The predicted octanol–water partition coefficient (Wildman–Crippen LogP) is 1.70. The number of pyridine rings is 1. The van der Waals surface area contributed by atoms with E-state index in [0.717, 1.165) is 25.0 Å². The lowest BCUT2D eigenvalue weighted by Gasteiger charge is -2.12. The average Bonchev–Trinajstić information content (AvgIpc) is 2.81. The Kier molecular flexibility index (Phi) is 4.95. The zero-order chi connectivity index (χ0) is 14.5. The van der Waals surface area contributed by atoms with Crippen molar-refractivity contribution >= 4 is 23.4 Å². The quantitative estimate of drug-likeness (QED) is 0.812. The minimum absolute atomic E-state index is 0.0267. The van der Waals surface area contributed by atoms with Crippen LogP contribution in [0.1, 0.15) is 42.2 Å². The molecule has 1 saturated heterocycles.